The summed E-state index contributed by atoms with van der Waals surface area (Å²) in [5.41, 5.74) is -1.56. The second kappa shape index (κ2) is 11.4. The molecule has 0 aliphatic rings. The van der Waals surface area contributed by atoms with Crippen LogP contribution in [-0.4, -0.2) is 73.8 Å². The van der Waals surface area contributed by atoms with Crippen molar-refractivity contribution in [2.75, 3.05) is 34.0 Å². The molecule has 0 aromatic heterocycles. The fourth-order valence-corrected chi connectivity index (χ4v) is 1.71. The van der Waals surface area contributed by atoms with Gasteiger partial charge >= 0.3 is 18.0 Å². The lowest BCUT2D eigenvalue weighted by Crippen LogP contribution is -3.00. The van der Waals surface area contributed by atoms with Crippen molar-refractivity contribution in [1.29, 1.82) is 0 Å². The largest absolute Gasteiger partial charge is 1.00 e. The van der Waals surface area contributed by atoms with Gasteiger partial charge in [0, 0.05) is 0 Å². The maximum Gasteiger partial charge on any atom is 0.408 e. The fourth-order valence-electron chi connectivity index (χ4n) is 1.71. The molecule has 0 heterocycles. The highest BCUT2D eigenvalue weighted by atomic mass is 35.5. The number of carbonyl (C=O) groups is 3. The molecule has 0 aromatic carbocycles. The Balaban J connectivity index is 0. The summed E-state index contributed by atoms with van der Waals surface area (Å²) >= 11 is 0. The summed E-state index contributed by atoms with van der Waals surface area (Å²) in [6, 6.07) is -1.25. The molecule has 1 unspecified atom stereocenters. The number of hydrogen-bond donors (Lipinski definition) is 1. The van der Waals surface area contributed by atoms with Crippen molar-refractivity contribution < 1.29 is 49.9 Å². The molecule has 0 spiro atoms. The molecule has 0 saturated carbocycles. The molecule has 0 aliphatic carbocycles. The van der Waals surface area contributed by atoms with Gasteiger partial charge < -0.3 is 31.9 Å². The van der Waals surface area contributed by atoms with Gasteiger partial charge in [0.25, 0.3) is 0 Å². The Morgan fingerprint density at radius 3 is 1.93 bits per heavy atom. The van der Waals surface area contributed by atoms with E-state index in [0.717, 1.165) is 0 Å². The molecular weight excluding hydrogens is 395 g/mol. The minimum absolute atomic E-state index is 0. The lowest BCUT2D eigenvalue weighted by molar-refractivity contribution is -0.902. The molecule has 10 heteroatoms. The standard InChI is InChI=1S/C18H33FN2O6.ClH/c1-17(2,3)26-15(23)13(20-16(24)27-18(4,5)6)11-14(22)25-10-9-21(7,8)12-19;/h13H,9-12H2,1-8H3;1H. The van der Waals surface area contributed by atoms with E-state index in [2.05, 4.69) is 5.32 Å². The van der Waals surface area contributed by atoms with Crippen LogP contribution in [0.25, 0.3) is 0 Å². The van der Waals surface area contributed by atoms with Crippen LogP contribution >= 0.6 is 0 Å². The SMILES string of the molecule is CC(C)(C)OC(=O)NC(CC(=O)OCC[N+](C)(C)CF)C(=O)OC(C)(C)C.[Cl-]. The van der Waals surface area contributed by atoms with Crippen LogP contribution in [0.4, 0.5) is 9.18 Å². The lowest BCUT2D eigenvalue weighted by atomic mass is 10.1. The molecule has 1 amide bonds. The average Bonchev–Trinajstić information content (AvgIpc) is 2.42. The van der Waals surface area contributed by atoms with E-state index in [1.54, 1.807) is 55.6 Å². The molecule has 0 bridgehead atoms. The molecule has 0 fully saturated rings. The number of halogens is 2. The first-order valence-corrected chi connectivity index (χ1v) is 8.80. The molecule has 0 aliphatic heterocycles. The zero-order valence-corrected chi connectivity index (χ0v) is 18.8. The Hall–Kier alpha value is -1.61. The van der Waals surface area contributed by atoms with E-state index >= 15 is 0 Å². The van der Waals surface area contributed by atoms with Gasteiger partial charge in [-0.25, -0.2) is 9.59 Å². The van der Waals surface area contributed by atoms with Crippen LogP contribution in [0.15, 0.2) is 0 Å². The molecule has 28 heavy (non-hydrogen) atoms. The third kappa shape index (κ3) is 14.4. The second-order valence-electron chi connectivity index (χ2n) is 8.94. The number of likely N-dealkylation sites (N-methyl/N-ethyl adjacent to an activating group) is 1. The first-order valence-electron chi connectivity index (χ1n) is 8.80. The number of esters is 2. The maximum atomic E-state index is 12.8. The summed E-state index contributed by atoms with van der Waals surface area (Å²) in [5.74, 6) is -1.48. The maximum absolute atomic E-state index is 12.8. The molecule has 0 radical (unpaired) electrons. The second-order valence-corrected chi connectivity index (χ2v) is 8.94. The summed E-state index contributed by atoms with van der Waals surface area (Å²) in [4.78, 5) is 36.3. The van der Waals surface area contributed by atoms with E-state index in [1.807, 2.05) is 0 Å². The Kier molecular flexibility index (Phi) is 11.6. The van der Waals surface area contributed by atoms with E-state index < -0.39 is 48.5 Å². The molecule has 166 valence electrons. The number of nitrogens with one attached hydrogen (secondary N) is 1. The van der Waals surface area contributed by atoms with Gasteiger partial charge in [0.05, 0.1) is 20.5 Å². The molecule has 1 atom stereocenters. The third-order valence-corrected chi connectivity index (χ3v) is 3.04. The predicted octanol–water partition coefficient (Wildman–Crippen LogP) is -0.838. The summed E-state index contributed by atoms with van der Waals surface area (Å²) in [5, 5.41) is 2.34. The zero-order valence-electron chi connectivity index (χ0n) is 18.1. The topological polar surface area (TPSA) is 90.9 Å². The van der Waals surface area contributed by atoms with Crippen LogP contribution in [-0.2, 0) is 23.8 Å². The average molecular weight is 429 g/mol. The highest BCUT2D eigenvalue weighted by Crippen LogP contribution is 2.12. The minimum Gasteiger partial charge on any atom is -1.00 e. The van der Waals surface area contributed by atoms with Gasteiger partial charge in [0.1, 0.15) is 30.4 Å². The first kappa shape index (κ1) is 28.6. The Labute approximate surface area is 173 Å². The van der Waals surface area contributed by atoms with Gasteiger partial charge in [-0.2, -0.15) is 4.39 Å². The Morgan fingerprint density at radius 1 is 1.00 bits per heavy atom. The molecule has 0 aromatic rings. The highest BCUT2D eigenvalue weighted by molar-refractivity contribution is 5.86. The van der Waals surface area contributed by atoms with Crippen LogP contribution in [0.2, 0.25) is 0 Å². The van der Waals surface area contributed by atoms with Crippen molar-refractivity contribution in [3.63, 3.8) is 0 Å². The monoisotopic (exact) mass is 428 g/mol. The van der Waals surface area contributed by atoms with Gasteiger partial charge in [-0.15, -0.1) is 0 Å². The Bertz CT molecular complexity index is 529. The number of nitrogens with zero attached hydrogens (tertiary/aromatic N) is 1. The first-order chi connectivity index (χ1) is 12.0. The zero-order chi connectivity index (χ0) is 21.5. The number of hydrogen-bond acceptors (Lipinski definition) is 6. The number of rotatable bonds is 8. The van der Waals surface area contributed by atoms with E-state index in [4.69, 9.17) is 14.2 Å². The number of alkyl halides is 1. The Morgan fingerprint density at radius 2 is 1.50 bits per heavy atom. The van der Waals surface area contributed by atoms with E-state index in [0.29, 0.717) is 0 Å². The number of ether oxygens (including phenoxy) is 3. The van der Waals surface area contributed by atoms with Gasteiger partial charge in [-0.1, -0.05) is 0 Å². The summed E-state index contributed by atoms with van der Waals surface area (Å²) < 4.78 is 28.2. The summed E-state index contributed by atoms with van der Waals surface area (Å²) in [7, 11) is 3.31. The van der Waals surface area contributed by atoms with Crippen molar-refractivity contribution in [3.8, 4) is 0 Å². The van der Waals surface area contributed by atoms with E-state index in [9.17, 15) is 18.8 Å². The van der Waals surface area contributed by atoms with Crippen molar-refractivity contribution in [3.05, 3.63) is 0 Å². The number of alkyl carbamates (subject to hydrolysis) is 1. The van der Waals surface area contributed by atoms with E-state index in [1.165, 1.54) is 0 Å². The van der Waals surface area contributed by atoms with Crippen molar-refractivity contribution in [2.45, 2.75) is 65.2 Å². The number of quaternary nitrogens is 1. The molecular formula is C18H34ClFN2O6. The molecule has 1 N–H and O–H groups in total. The van der Waals surface area contributed by atoms with Gasteiger partial charge in [-0.3, -0.25) is 9.28 Å². The quantitative estimate of drug-likeness (QED) is 0.235. The smallest absolute Gasteiger partial charge is 0.408 e. The third-order valence-electron chi connectivity index (χ3n) is 3.04. The molecule has 0 rings (SSSR count). The van der Waals surface area contributed by atoms with Gasteiger partial charge in [-0.05, 0) is 41.5 Å². The van der Waals surface area contributed by atoms with Crippen LogP contribution < -0.4 is 17.7 Å². The molecule has 8 nitrogen and oxygen atoms in total. The van der Waals surface area contributed by atoms with Crippen molar-refractivity contribution in [1.82, 2.24) is 5.32 Å². The van der Waals surface area contributed by atoms with E-state index in [-0.39, 0.29) is 30.0 Å². The van der Waals surface area contributed by atoms with Crippen LogP contribution in [0.1, 0.15) is 48.0 Å². The predicted molar refractivity (Wildman–Crippen MR) is 97.5 cm³/mol. The normalized spacial score (nSPS) is 13.0. The van der Waals surface area contributed by atoms with Gasteiger partial charge in [0.2, 0.25) is 6.80 Å². The van der Waals surface area contributed by atoms with Crippen LogP contribution in [0.5, 0.6) is 0 Å². The van der Waals surface area contributed by atoms with Crippen LogP contribution in [0, 0.1) is 0 Å². The molecule has 0 saturated heterocycles. The summed E-state index contributed by atoms with van der Waals surface area (Å²) in [6.07, 6.45) is -1.27. The van der Waals surface area contributed by atoms with Crippen molar-refractivity contribution >= 4 is 18.0 Å². The summed E-state index contributed by atoms with van der Waals surface area (Å²) in [6.45, 7) is 9.71. The van der Waals surface area contributed by atoms with Gasteiger partial charge in [0.15, 0.2) is 0 Å². The van der Waals surface area contributed by atoms with Crippen molar-refractivity contribution in [2.24, 2.45) is 0 Å². The lowest BCUT2D eigenvalue weighted by Gasteiger charge is -2.26. The van der Waals surface area contributed by atoms with Crippen LogP contribution in [0.3, 0.4) is 0 Å². The minimum atomic E-state index is -1.25. The number of carbonyl (C=O) groups excluding carboxylic acids is 3. The number of amides is 1. The fraction of sp³-hybridized carbons (Fsp3) is 0.833. The highest BCUT2D eigenvalue weighted by Gasteiger charge is 2.31.